The highest BCUT2D eigenvalue weighted by molar-refractivity contribution is 6.15. The molecule has 0 spiro atoms. The molecule has 0 aromatic heterocycles. The summed E-state index contributed by atoms with van der Waals surface area (Å²) in [6.07, 6.45) is 2.14. The third kappa shape index (κ3) is 5.39. The molecule has 1 N–H and O–H groups in total. The van der Waals surface area contributed by atoms with Gasteiger partial charge < -0.3 is 5.32 Å². The van der Waals surface area contributed by atoms with Crippen molar-refractivity contribution in [1.29, 1.82) is 0 Å². The average molecular weight is 186 g/mol. The minimum absolute atomic E-state index is 0.00694. The Morgan fingerprint density at radius 2 is 1.82 bits per heavy atom. The van der Waals surface area contributed by atoms with E-state index in [2.05, 4.69) is 16.9 Å². The summed E-state index contributed by atoms with van der Waals surface area (Å²) in [6, 6.07) is 0. The topological polar surface area (TPSA) is 12.0 Å². The molecule has 1 aliphatic heterocycles. The standard InChI is InChI=1S/C6H11F2N.CH3Cl/c7-6(8)2-1-4-9-5-3-6;1-2/h9H,1-5H2;1H3. The number of alkyl halides is 3. The van der Waals surface area contributed by atoms with E-state index in [1.54, 1.807) is 0 Å². The fraction of sp³-hybridized carbons (Fsp3) is 1.00. The molecule has 1 heterocycles. The van der Waals surface area contributed by atoms with E-state index in [4.69, 9.17) is 0 Å². The summed E-state index contributed by atoms with van der Waals surface area (Å²) >= 11 is 4.64. The normalized spacial score (nSPS) is 22.9. The summed E-state index contributed by atoms with van der Waals surface area (Å²) in [5, 5.41) is 2.92. The van der Waals surface area contributed by atoms with E-state index < -0.39 is 5.92 Å². The van der Waals surface area contributed by atoms with Gasteiger partial charge in [-0.2, -0.15) is 0 Å². The van der Waals surface area contributed by atoms with Crippen LogP contribution in [-0.4, -0.2) is 25.4 Å². The van der Waals surface area contributed by atoms with Crippen LogP contribution in [0.2, 0.25) is 0 Å². The van der Waals surface area contributed by atoms with Crippen molar-refractivity contribution in [2.75, 3.05) is 19.5 Å². The van der Waals surface area contributed by atoms with Crippen molar-refractivity contribution in [3.8, 4) is 0 Å². The third-order valence-corrected chi connectivity index (χ3v) is 1.56. The van der Waals surface area contributed by atoms with Crippen molar-refractivity contribution in [3.63, 3.8) is 0 Å². The Labute approximate surface area is 71.1 Å². The van der Waals surface area contributed by atoms with Crippen molar-refractivity contribution >= 4 is 11.6 Å². The number of rotatable bonds is 0. The molecule has 0 saturated carbocycles. The van der Waals surface area contributed by atoms with Crippen LogP contribution in [0.4, 0.5) is 8.78 Å². The van der Waals surface area contributed by atoms with E-state index in [1.165, 1.54) is 6.38 Å². The molecule has 0 aromatic rings. The van der Waals surface area contributed by atoms with Crippen molar-refractivity contribution in [2.24, 2.45) is 0 Å². The van der Waals surface area contributed by atoms with Gasteiger partial charge >= 0.3 is 0 Å². The van der Waals surface area contributed by atoms with Gasteiger partial charge in [-0.3, -0.25) is 0 Å². The van der Waals surface area contributed by atoms with Crippen LogP contribution >= 0.6 is 11.6 Å². The number of hydrogen-bond donors (Lipinski definition) is 1. The molecular formula is C7H14ClF2N. The molecule has 0 radical (unpaired) electrons. The second kappa shape index (κ2) is 5.72. The maximum absolute atomic E-state index is 12.4. The van der Waals surface area contributed by atoms with Crippen molar-refractivity contribution < 1.29 is 8.78 Å². The van der Waals surface area contributed by atoms with Crippen molar-refractivity contribution in [1.82, 2.24) is 5.32 Å². The van der Waals surface area contributed by atoms with E-state index >= 15 is 0 Å². The molecule has 0 aromatic carbocycles. The summed E-state index contributed by atoms with van der Waals surface area (Å²) < 4.78 is 24.8. The van der Waals surface area contributed by atoms with Gasteiger partial charge in [-0.15, -0.1) is 11.6 Å². The van der Waals surface area contributed by atoms with E-state index in [9.17, 15) is 8.78 Å². The van der Waals surface area contributed by atoms with Crippen LogP contribution in [0, 0.1) is 0 Å². The zero-order valence-electron chi connectivity index (χ0n) is 6.67. The smallest absolute Gasteiger partial charge is 0.249 e. The molecule has 0 atom stereocenters. The van der Waals surface area contributed by atoms with Gasteiger partial charge in [-0.25, -0.2) is 8.78 Å². The Kier molecular flexibility index (Phi) is 5.78. The Bertz CT molecular complexity index is 88.4. The molecule has 1 nitrogen and oxygen atoms in total. The molecule has 11 heavy (non-hydrogen) atoms. The average Bonchev–Trinajstić information content (AvgIpc) is 2.17. The quantitative estimate of drug-likeness (QED) is 0.571. The number of nitrogens with one attached hydrogen (secondary N) is 1. The van der Waals surface area contributed by atoms with Gasteiger partial charge in [0.2, 0.25) is 5.92 Å². The highest BCUT2D eigenvalue weighted by Gasteiger charge is 2.28. The Morgan fingerprint density at radius 1 is 1.18 bits per heavy atom. The van der Waals surface area contributed by atoms with E-state index in [0.29, 0.717) is 13.0 Å². The van der Waals surface area contributed by atoms with Crippen LogP contribution in [-0.2, 0) is 0 Å². The molecule has 68 valence electrons. The van der Waals surface area contributed by atoms with Crippen LogP contribution in [0.15, 0.2) is 0 Å². The van der Waals surface area contributed by atoms with Gasteiger partial charge in [0.25, 0.3) is 0 Å². The predicted molar refractivity (Wildman–Crippen MR) is 43.4 cm³/mol. The molecular weight excluding hydrogens is 172 g/mol. The zero-order valence-corrected chi connectivity index (χ0v) is 7.43. The van der Waals surface area contributed by atoms with Crippen molar-refractivity contribution in [3.05, 3.63) is 0 Å². The van der Waals surface area contributed by atoms with Gasteiger partial charge in [-0.05, 0) is 13.0 Å². The Hall–Kier alpha value is 0.110. The molecule has 1 saturated heterocycles. The van der Waals surface area contributed by atoms with Crippen molar-refractivity contribution in [2.45, 2.75) is 25.2 Å². The molecule has 0 amide bonds. The first kappa shape index (κ1) is 11.1. The van der Waals surface area contributed by atoms with Crippen LogP contribution in [0.1, 0.15) is 19.3 Å². The highest BCUT2D eigenvalue weighted by atomic mass is 35.5. The second-order valence-electron chi connectivity index (χ2n) is 2.46. The summed E-state index contributed by atoms with van der Waals surface area (Å²) in [7, 11) is 0. The molecule has 1 rings (SSSR count). The monoisotopic (exact) mass is 185 g/mol. The van der Waals surface area contributed by atoms with E-state index in [1.807, 2.05) is 0 Å². The minimum atomic E-state index is -2.40. The lowest BCUT2D eigenvalue weighted by atomic mass is 10.1. The fourth-order valence-electron chi connectivity index (χ4n) is 0.993. The number of halogens is 3. The predicted octanol–water partition coefficient (Wildman–Crippen LogP) is 2.25. The van der Waals surface area contributed by atoms with Crippen LogP contribution < -0.4 is 5.32 Å². The number of hydrogen-bond acceptors (Lipinski definition) is 1. The summed E-state index contributed by atoms with van der Waals surface area (Å²) in [5.74, 6) is -2.40. The fourth-order valence-corrected chi connectivity index (χ4v) is 0.993. The molecule has 1 fully saturated rings. The van der Waals surface area contributed by atoms with Gasteiger partial charge in [0.15, 0.2) is 0 Å². The Morgan fingerprint density at radius 3 is 2.45 bits per heavy atom. The minimum Gasteiger partial charge on any atom is -0.317 e. The first-order valence-electron chi connectivity index (χ1n) is 3.67. The molecule has 0 bridgehead atoms. The first-order chi connectivity index (χ1) is 5.21. The highest BCUT2D eigenvalue weighted by Crippen LogP contribution is 2.24. The maximum atomic E-state index is 12.4. The molecule has 0 aliphatic carbocycles. The lowest BCUT2D eigenvalue weighted by Gasteiger charge is -2.10. The van der Waals surface area contributed by atoms with Gasteiger partial charge in [0.1, 0.15) is 0 Å². The van der Waals surface area contributed by atoms with E-state index in [-0.39, 0.29) is 12.8 Å². The lowest BCUT2D eigenvalue weighted by Crippen LogP contribution is -2.18. The second-order valence-corrected chi connectivity index (χ2v) is 2.46. The zero-order chi connectivity index (χ0) is 8.74. The third-order valence-electron chi connectivity index (χ3n) is 1.56. The van der Waals surface area contributed by atoms with Gasteiger partial charge in [0.05, 0.1) is 0 Å². The Balaban J connectivity index is 0.000000461. The van der Waals surface area contributed by atoms with Crippen LogP contribution in [0.3, 0.4) is 0 Å². The molecule has 4 heteroatoms. The largest absolute Gasteiger partial charge is 0.317 e. The summed E-state index contributed by atoms with van der Waals surface area (Å²) in [5.41, 5.74) is 0. The molecule has 0 unspecified atom stereocenters. The SMILES string of the molecule is CCl.FC1(F)CCCNCC1. The first-order valence-corrected chi connectivity index (χ1v) is 4.43. The van der Waals surface area contributed by atoms with Crippen LogP contribution in [0.25, 0.3) is 0 Å². The van der Waals surface area contributed by atoms with E-state index in [0.717, 1.165) is 6.54 Å². The lowest BCUT2D eigenvalue weighted by molar-refractivity contribution is -0.0106. The van der Waals surface area contributed by atoms with Gasteiger partial charge in [-0.1, -0.05) is 0 Å². The van der Waals surface area contributed by atoms with Crippen LogP contribution in [0.5, 0.6) is 0 Å². The summed E-state index contributed by atoms with van der Waals surface area (Å²) in [6.45, 7) is 1.21. The summed E-state index contributed by atoms with van der Waals surface area (Å²) in [4.78, 5) is 0. The molecule has 1 aliphatic rings. The maximum Gasteiger partial charge on any atom is 0.249 e. The van der Waals surface area contributed by atoms with Gasteiger partial charge in [0, 0.05) is 25.8 Å².